The summed E-state index contributed by atoms with van der Waals surface area (Å²) in [6.07, 6.45) is 5.10. The monoisotopic (exact) mass is 289 g/mol. The van der Waals surface area contributed by atoms with Crippen LogP contribution in [0.2, 0.25) is 0 Å². The maximum atomic E-state index is 12.1. The van der Waals surface area contributed by atoms with Gasteiger partial charge in [0.25, 0.3) is 5.56 Å². The fraction of sp³-hybridized carbons (Fsp3) is 0.688. The summed E-state index contributed by atoms with van der Waals surface area (Å²) in [7, 11) is 0. The van der Waals surface area contributed by atoms with E-state index in [1.54, 1.807) is 6.92 Å². The SMILES string of the molecule is Cc1nn(CCO[C@@H]2CCCC[C@H]2C)c(=O)c(C#N)c1C. The number of hydrogen-bond donors (Lipinski definition) is 0. The second-order valence-corrected chi connectivity index (χ2v) is 5.90. The Balaban J connectivity index is 2.02. The van der Waals surface area contributed by atoms with E-state index in [1.807, 2.05) is 13.0 Å². The summed E-state index contributed by atoms with van der Waals surface area (Å²) in [4.78, 5) is 12.1. The van der Waals surface area contributed by atoms with Crippen LogP contribution in [0.25, 0.3) is 0 Å². The molecule has 1 aromatic heterocycles. The van der Waals surface area contributed by atoms with Gasteiger partial charge in [0.05, 0.1) is 24.9 Å². The van der Waals surface area contributed by atoms with Crippen molar-refractivity contribution in [2.45, 2.75) is 59.1 Å². The van der Waals surface area contributed by atoms with Gasteiger partial charge in [0.1, 0.15) is 11.6 Å². The first-order valence-corrected chi connectivity index (χ1v) is 7.64. The van der Waals surface area contributed by atoms with Gasteiger partial charge in [0, 0.05) is 0 Å². The zero-order valence-electron chi connectivity index (χ0n) is 13.1. The Morgan fingerprint density at radius 2 is 2.10 bits per heavy atom. The molecule has 2 rings (SSSR count). The highest BCUT2D eigenvalue weighted by atomic mass is 16.5. The molecule has 0 saturated heterocycles. The Hall–Kier alpha value is -1.67. The van der Waals surface area contributed by atoms with Gasteiger partial charge in [-0.2, -0.15) is 10.4 Å². The maximum Gasteiger partial charge on any atom is 0.285 e. The van der Waals surface area contributed by atoms with Gasteiger partial charge >= 0.3 is 0 Å². The minimum Gasteiger partial charge on any atom is -0.376 e. The molecule has 2 atom stereocenters. The second kappa shape index (κ2) is 6.86. The summed E-state index contributed by atoms with van der Waals surface area (Å²) >= 11 is 0. The summed E-state index contributed by atoms with van der Waals surface area (Å²) < 4.78 is 7.27. The van der Waals surface area contributed by atoms with E-state index < -0.39 is 0 Å². The Bertz CT molecular complexity index is 601. The topological polar surface area (TPSA) is 67.9 Å². The van der Waals surface area contributed by atoms with Crippen LogP contribution in [0.4, 0.5) is 0 Å². The van der Waals surface area contributed by atoms with Gasteiger partial charge in [-0.15, -0.1) is 0 Å². The third-order valence-corrected chi connectivity index (χ3v) is 4.42. The number of hydrogen-bond acceptors (Lipinski definition) is 4. The van der Waals surface area contributed by atoms with E-state index in [2.05, 4.69) is 12.0 Å². The first-order valence-electron chi connectivity index (χ1n) is 7.64. The third-order valence-electron chi connectivity index (χ3n) is 4.42. The van der Waals surface area contributed by atoms with Crippen molar-refractivity contribution in [2.24, 2.45) is 5.92 Å². The Morgan fingerprint density at radius 3 is 2.76 bits per heavy atom. The highest BCUT2D eigenvalue weighted by Crippen LogP contribution is 2.26. The number of nitriles is 1. The Labute approximate surface area is 125 Å². The van der Waals surface area contributed by atoms with Gasteiger partial charge in [-0.05, 0) is 38.2 Å². The summed E-state index contributed by atoms with van der Waals surface area (Å²) in [5.41, 5.74) is 1.26. The molecule has 0 aliphatic heterocycles. The van der Waals surface area contributed by atoms with Crippen LogP contribution in [0.5, 0.6) is 0 Å². The standard InChI is InChI=1S/C16H23N3O2/c1-11-6-4-5-7-15(11)21-9-8-19-16(20)14(10-17)12(2)13(3)18-19/h11,15H,4-9H2,1-3H3/t11-,15-/m1/s1. The fourth-order valence-corrected chi connectivity index (χ4v) is 2.88. The molecule has 0 unspecified atom stereocenters. The number of nitrogens with zero attached hydrogens (tertiary/aromatic N) is 3. The summed E-state index contributed by atoms with van der Waals surface area (Å²) in [5, 5.41) is 13.3. The molecular weight excluding hydrogens is 266 g/mol. The van der Waals surface area contributed by atoms with Gasteiger partial charge in [-0.25, -0.2) is 4.68 Å². The minimum atomic E-state index is -0.319. The van der Waals surface area contributed by atoms with Crippen LogP contribution < -0.4 is 5.56 Å². The van der Waals surface area contributed by atoms with Crippen LogP contribution in [0, 0.1) is 31.1 Å². The van der Waals surface area contributed by atoms with E-state index in [1.165, 1.54) is 23.9 Å². The number of rotatable bonds is 4. The molecule has 0 amide bonds. The normalized spacial score (nSPS) is 22.0. The van der Waals surface area contributed by atoms with Crippen LogP contribution in [0.3, 0.4) is 0 Å². The van der Waals surface area contributed by atoms with E-state index in [9.17, 15) is 4.79 Å². The zero-order valence-corrected chi connectivity index (χ0v) is 13.1. The molecule has 1 aliphatic rings. The largest absolute Gasteiger partial charge is 0.376 e. The molecule has 0 spiro atoms. The molecule has 1 aliphatic carbocycles. The van der Waals surface area contributed by atoms with Gasteiger partial charge in [0.2, 0.25) is 0 Å². The summed E-state index contributed by atoms with van der Waals surface area (Å²) in [5.74, 6) is 0.581. The molecule has 1 heterocycles. The molecule has 5 nitrogen and oxygen atoms in total. The third kappa shape index (κ3) is 3.51. The number of aromatic nitrogens is 2. The lowest BCUT2D eigenvalue weighted by atomic mass is 9.88. The van der Waals surface area contributed by atoms with E-state index in [4.69, 9.17) is 10.00 Å². The molecular formula is C16H23N3O2. The molecule has 0 aromatic carbocycles. The minimum absolute atomic E-state index is 0.188. The highest BCUT2D eigenvalue weighted by Gasteiger charge is 2.21. The molecule has 5 heteroatoms. The predicted octanol–water partition coefficient (Wildman–Crippen LogP) is 2.33. The van der Waals surface area contributed by atoms with Gasteiger partial charge < -0.3 is 4.74 Å². The van der Waals surface area contributed by atoms with Crippen LogP contribution in [0.1, 0.15) is 49.4 Å². The average molecular weight is 289 g/mol. The molecule has 1 saturated carbocycles. The Morgan fingerprint density at radius 1 is 1.38 bits per heavy atom. The first kappa shape index (κ1) is 15.7. The van der Waals surface area contributed by atoms with Gasteiger partial charge in [-0.1, -0.05) is 19.8 Å². The average Bonchev–Trinajstić information content (AvgIpc) is 2.47. The molecule has 21 heavy (non-hydrogen) atoms. The van der Waals surface area contributed by atoms with Crippen LogP contribution in [-0.2, 0) is 11.3 Å². The molecule has 0 N–H and O–H groups in total. The molecule has 0 radical (unpaired) electrons. The molecule has 1 aromatic rings. The lowest BCUT2D eigenvalue weighted by molar-refractivity contribution is -0.00974. The number of ether oxygens (including phenoxy) is 1. The van der Waals surface area contributed by atoms with Crippen LogP contribution >= 0.6 is 0 Å². The smallest absolute Gasteiger partial charge is 0.285 e. The predicted molar refractivity (Wildman–Crippen MR) is 80.1 cm³/mol. The lowest BCUT2D eigenvalue weighted by Gasteiger charge is -2.28. The van der Waals surface area contributed by atoms with Crippen LogP contribution in [-0.4, -0.2) is 22.5 Å². The van der Waals surface area contributed by atoms with Crippen molar-refractivity contribution in [3.05, 3.63) is 27.2 Å². The van der Waals surface area contributed by atoms with Gasteiger partial charge in [-0.3, -0.25) is 4.79 Å². The van der Waals surface area contributed by atoms with E-state index in [0.29, 0.717) is 24.6 Å². The van der Waals surface area contributed by atoms with E-state index in [-0.39, 0.29) is 17.2 Å². The fourth-order valence-electron chi connectivity index (χ4n) is 2.88. The van der Waals surface area contributed by atoms with Crippen molar-refractivity contribution in [1.29, 1.82) is 5.26 Å². The van der Waals surface area contributed by atoms with Crippen LogP contribution in [0.15, 0.2) is 4.79 Å². The lowest BCUT2D eigenvalue weighted by Crippen LogP contribution is -2.31. The molecule has 0 bridgehead atoms. The van der Waals surface area contributed by atoms with Crippen molar-refractivity contribution >= 4 is 0 Å². The van der Waals surface area contributed by atoms with Crippen molar-refractivity contribution in [3.63, 3.8) is 0 Å². The first-order chi connectivity index (χ1) is 10.0. The van der Waals surface area contributed by atoms with Crippen molar-refractivity contribution in [3.8, 4) is 6.07 Å². The maximum absolute atomic E-state index is 12.1. The summed E-state index contributed by atoms with van der Waals surface area (Å²) in [6, 6.07) is 1.98. The zero-order chi connectivity index (χ0) is 15.4. The van der Waals surface area contributed by atoms with Crippen molar-refractivity contribution in [2.75, 3.05) is 6.61 Å². The van der Waals surface area contributed by atoms with Crippen molar-refractivity contribution < 1.29 is 4.74 Å². The Kier molecular flexibility index (Phi) is 5.13. The number of aryl methyl sites for hydroxylation is 1. The quantitative estimate of drug-likeness (QED) is 0.853. The molecule has 114 valence electrons. The highest BCUT2D eigenvalue weighted by molar-refractivity contribution is 5.36. The van der Waals surface area contributed by atoms with E-state index >= 15 is 0 Å². The van der Waals surface area contributed by atoms with E-state index in [0.717, 1.165) is 12.1 Å². The molecule has 1 fully saturated rings. The second-order valence-electron chi connectivity index (χ2n) is 5.90. The van der Waals surface area contributed by atoms with Gasteiger partial charge in [0.15, 0.2) is 0 Å². The van der Waals surface area contributed by atoms with Crippen molar-refractivity contribution in [1.82, 2.24) is 9.78 Å². The summed E-state index contributed by atoms with van der Waals surface area (Å²) in [6.45, 7) is 6.66.